The van der Waals surface area contributed by atoms with E-state index >= 15 is 0 Å². The lowest BCUT2D eigenvalue weighted by molar-refractivity contribution is 0.415. The van der Waals surface area contributed by atoms with Crippen LogP contribution in [0.1, 0.15) is 5.56 Å². The summed E-state index contributed by atoms with van der Waals surface area (Å²) in [5.74, 6) is 0.838. The van der Waals surface area contributed by atoms with Crippen LogP contribution in [0.2, 0.25) is 0 Å². The molecule has 104 valence electrons. The Morgan fingerprint density at radius 3 is 2.62 bits per heavy atom. The summed E-state index contributed by atoms with van der Waals surface area (Å²) in [5.41, 5.74) is 3.91. The van der Waals surface area contributed by atoms with E-state index in [1.807, 2.05) is 54.7 Å². The molecule has 4 heteroatoms. The van der Waals surface area contributed by atoms with Crippen molar-refractivity contribution in [2.24, 2.45) is 4.99 Å². The van der Waals surface area contributed by atoms with Crippen LogP contribution in [0.4, 0.5) is 5.69 Å². The van der Waals surface area contributed by atoms with E-state index in [1.54, 1.807) is 19.6 Å². The molecular formula is C17H15N3O. The van der Waals surface area contributed by atoms with Crippen molar-refractivity contribution in [3.8, 4) is 17.0 Å². The van der Waals surface area contributed by atoms with Crippen LogP contribution in [0, 0.1) is 0 Å². The van der Waals surface area contributed by atoms with Gasteiger partial charge in [-0.2, -0.15) is 0 Å². The Morgan fingerprint density at radius 1 is 1.10 bits per heavy atom. The highest BCUT2D eigenvalue weighted by molar-refractivity contribution is 5.85. The molecule has 1 heterocycles. The van der Waals surface area contributed by atoms with Gasteiger partial charge in [-0.25, -0.2) is 4.98 Å². The molecule has 1 aromatic heterocycles. The molecule has 1 N–H and O–H groups in total. The predicted octanol–water partition coefficient (Wildman–Crippen LogP) is 3.84. The fraction of sp³-hybridized carbons (Fsp3) is 0.0588. The van der Waals surface area contributed by atoms with Gasteiger partial charge in [0, 0.05) is 11.8 Å². The monoisotopic (exact) mass is 277 g/mol. The number of hydrogen-bond donors (Lipinski definition) is 1. The van der Waals surface area contributed by atoms with Gasteiger partial charge in [0.1, 0.15) is 5.75 Å². The van der Waals surface area contributed by atoms with E-state index in [1.165, 1.54) is 0 Å². The summed E-state index contributed by atoms with van der Waals surface area (Å²) in [6, 6.07) is 15.8. The molecule has 3 rings (SSSR count). The van der Waals surface area contributed by atoms with Crippen LogP contribution in [0.15, 0.2) is 66.0 Å². The van der Waals surface area contributed by atoms with Crippen LogP contribution in [0.25, 0.3) is 11.3 Å². The lowest BCUT2D eigenvalue weighted by atomic mass is 10.1. The summed E-state index contributed by atoms with van der Waals surface area (Å²) in [6.45, 7) is 0. The second-order valence-corrected chi connectivity index (χ2v) is 4.51. The highest BCUT2D eigenvalue weighted by atomic mass is 16.5. The number of hydrogen-bond acceptors (Lipinski definition) is 3. The van der Waals surface area contributed by atoms with Crippen molar-refractivity contribution in [2.45, 2.75) is 0 Å². The third-order valence-corrected chi connectivity index (χ3v) is 3.16. The number of rotatable bonds is 4. The fourth-order valence-electron chi connectivity index (χ4n) is 2.05. The van der Waals surface area contributed by atoms with Gasteiger partial charge in [0.25, 0.3) is 0 Å². The molecule has 0 radical (unpaired) electrons. The Hall–Kier alpha value is -2.88. The van der Waals surface area contributed by atoms with E-state index in [0.29, 0.717) is 0 Å². The molecule has 0 atom stereocenters. The van der Waals surface area contributed by atoms with Crippen molar-refractivity contribution in [3.63, 3.8) is 0 Å². The highest BCUT2D eigenvalue weighted by Crippen LogP contribution is 2.28. The van der Waals surface area contributed by atoms with E-state index in [9.17, 15) is 0 Å². The lowest BCUT2D eigenvalue weighted by Gasteiger charge is -2.03. The van der Waals surface area contributed by atoms with Gasteiger partial charge >= 0.3 is 0 Å². The Bertz CT molecular complexity index is 731. The van der Waals surface area contributed by atoms with Gasteiger partial charge in [-0.3, -0.25) is 4.99 Å². The minimum absolute atomic E-state index is 0.838. The number of nitrogens with one attached hydrogen (secondary N) is 1. The molecule has 4 nitrogen and oxygen atoms in total. The molecule has 0 bridgehead atoms. The van der Waals surface area contributed by atoms with Gasteiger partial charge in [-0.05, 0) is 35.9 Å². The maximum atomic E-state index is 5.14. The SMILES string of the molecule is COc1ccc(C=Nc2ccccc2-c2cnc[nH]2)cc1. The number of aromatic amines is 1. The second kappa shape index (κ2) is 6.05. The van der Waals surface area contributed by atoms with Gasteiger partial charge in [0.2, 0.25) is 0 Å². The number of methoxy groups -OCH3 is 1. The van der Waals surface area contributed by atoms with Gasteiger partial charge in [-0.15, -0.1) is 0 Å². The zero-order chi connectivity index (χ0) is 14.5. The van der Waals surface area contributed by atoms with E-state index in [4.69, 9.17) is 4.74 Å². The summed E-state index contributed by atoms with van der Waals surface area (Å²) in [6.07, 6.45) is 5.30. The topological polar surface area (TPSA) is 50.3 Å². The van der Waals surface area contributed by atoms with Gasteiger partial charge < -0.3 is 9.72 Å². The first-order valence-electron chi connectivity index (χ1n) is 6.63. The molecule has 0 aliphatic heterocycles. The first-order chi connectivity index (χ1) is 10.4. The van der Waals surface area contributed by atoms with E-state index in [0.717, 1.165) is 28.3 Å². The minimum Gasteiger partial charge on any atom is -0.497 e. The quantitative estimate of drug-likeness (QED) is 0.737. The molecule has 0 fully saturated rings. The summed E-state index contributed by atoms with van der Waals surface area (Å²) in [4.78, 5) is 11.7. The van der Waals surface area contributed by atoms with Crippen molar-refractivity contribution in [2.75, 3.05) is 7.11 Å². The van der Waals surface area contributed by atoms with E-state index < -0.39 is 0 Å². The molecule has 0 aliphatic carbocycles. The van der Waals surface area contributed by atoms with Crippen molar-refractivity contribution in [1.82, 2.24) is 9.97 Å². The number of H-pyrrole nitrogens is 1. The van der Waals surface area contributed by atoms with Crippen LogP contribution < -0.4 is 4.74 Å². The number of aliphatic imine (C=N–C) groups is 1. The molecule has 0 unspecified atom stereocenters. The fourth-order valence-corrected chi connectivity index (χ4v) is 2.05. The zero-order valence-electron chi connectivity index (χ0n) is 11.7. The number of benzene rings is 2. The Kier molecular flexibility index (Phi) is 3.78. The normalized spacial score (nSPS) is 10.9. The molecule has 21 heavy (non-hydrogen) atoms. The van der Waals surface area contributed by atoms with Crippen molar-refractivity contribution in [3.05, 3.63) is 66.6 Å². The van der Waals surface area contributed by atoms with Crippen molar-refractivity contribution >= 4 is 11.9 Å². The number of aromatic nitrogens is 2. The standard InChI is InChI=1S/C17H15N3O/c1-21-14-8-6-13(7-9-14)10-19-16-5-3-2-4-15(16)17-11-18-12-20-17/h2-12H,1H3,(H,18,20). The second-order valence-electron chi connectivity index (χ2n) is 4.51. The summed E-state index contributed by atoms with van der Waals surface area (Å²) >= 11 is 0. The minimum atomic E-state index is 0.838. The highest BCUT2D eigenvalue weighted by Gasteiger charge is 2.03. The maximum absolute atomic E-state index is 5.14. The first-order valence-corrected chi connectivity index (χ1v) is 6.63. The van der Waals surface area contributed by atoms with Crippen molar-refractivity contribution in [1.29, 1.82) is 0 Å². The Morgan fingerprint density at radius 2 is 1.90 bits per heavy atom. The number of nitrogens with zero attached hydrogens (tertiary/aromatic N) is 2. The molecule has 3 aromatic rings. The third-order valence-electron chi connectivity index (χ3n) is 3.16. The molecule has 0 saturated heterocycles. The maximum Gasteiger partial charge on any atom is 0.118 e. The number of ether oxygens (including phenoxy) is 1. The van der Waals surface area contributed by atoms with Crippen LogP contribution >= 0.6 is 0 Å². The van der Waals surface area contributed by atoms with E-state index in [-0.39, 0.29) is 0 Å². The van der Waals surface area contributed by atoms with Crippen molar-refractivity contribution < 1.29 is 4.74 Å². The largest absolute Gasteiger partial charge is 0.497 e. The number of imidazole rings is 1. The summed E-state index contributed by atoms with van der Waals surface area (Å²) in [5, 5.41) is 0. The number of para-hydroxylation sites is 1. The lowest BCUT2D eigenvalue weighted by Crippen LogP contribution is -1.85. The molecule has 0 amide bonds. The van der Waals surface area contributed by atoms with Gasteiger partial charge in [0.05, 0.1) is 31.0 Å². The summed E-state index contributed by atoms with van der Waals surface area (Å²) < 4.78 is 5.14. The molecule has 0 saturated carbocycles. The van der Waals surface area contributed by atoms with E-state index in [2.05, 4.69) is 15.0 Å². The molecule has 0 spiro atoms. The molecule has 0 aliphatic rings. The van der Waals surface area contributed by atoms with Gasteiger partial charge in [0.15, 0.2) is 0 Å². The average Bonchev–Trinajstić information content (AvgIpc) is 3.08. The third kappa shape index (κ3) is 3.00. The smallest absolute Gasteiger partial charge is 0.118 e. The predicted molar refractivity (Wildman–Crippen MR) is 84.3 cm³/mol. The zero-order valence-corrected chi connectivity index (χ0v) is 11.7. The molecular weight excluding hydrogens is 262 g/mol. The van der Waals surface area contributed by atoms with Crippen LogP contribution in [0.3, 0.4) is 0 Å². The van der Waals surface area contributed by atoms with Crippen LogP contribution in [-0.2, 0) is 0 Å². The summed E-state index contributed by atoms with van der Waals surface area (Å²) in [7, 11) is 1.66. The van der Waals surface area contributed by atoms with Gasteiger partial charge in [-0.1, -0.05) is 18.2 Å². The Labute approximate surface area is 123 Å². The Balaban J connectivity index is 1.89. The van der Waals surface area contributed by atoms with Crippen LogP contribution in [-0.4, -0.2) is 23.3 Å². The molecule has 2 aromatic carbocycles. The average molecular weight is 277 g/mol. The first kappa shape index (κ1) is 13.1. The van der Waals surface area contributed by atoms with Crippen LogP contribution in [0.5, 0.6) is 5.75 Å².